The van der Waals surface area contributed by atoms with Crippen LogP contribution in [0, 0.1) is 0 Å². The Morgan fingerprint density at radius 3 is 2.40 bits per heavy atom. The summed E-state index contributed by atoms with van der Waals surface area (Å²) in [6.07, 6.45) is 1.74. The highest BCUT2D eigenvalue weighted by molar-refractivity contribution is 5.97. The maximum absolute atomic E-state index is 13.2. The molecule has 0 spiro atoms. The number of aromatic nitrogens is 2. The Balaban J connectivity index is 1.44. The van der Waals surface area contributed by atoms with Crippen LogP contribution >= 0.6 is 0 Å². The van der Waals surface area contributed by atoms with Crippen molar-refractivity contribution < 1.29 is 9.53 Å². The molecule has 0 atom stereocenters. The van der Waals surface area contributed by atoms with E-state index in [4.69, 9.17) is 4.74 Å². The number of hydrogen-bond acceptors (Lipinski definition) is 6. The van der Waals surface area contributed by atoms with Gasteiger partial charge in [0.25, 0.3) is 5.91 Å². The maximum Gasteiger partial charge on any atom is 0.257 e. The van der Waals surface area contributed by atoms with Gasteiger partial charge >= 0.3 is 0 Å². The van der Waals surface area contributed by atoms with E-state index >= 15 is 0 Å². The van der Waals surface area contributed by atoms with E-state index in [1.807, 2.05) is 84.6 Å². The molecule has 1 aromatic heterocycles. The molecular formula is C23H25N5O2. The molecule has 0 saturated carbocycles. The molecule has 7 heteroatoms. The molecule has 0 N–H and O–H groups in total. The van der Waals surface area contributed by atoms with Crippen molar-refractivity contribution in [3.63, 3.8) is 0 Å². The summed E-state index contributed by atoms with van der Waals surface area (Å²) in [6, 6.07) is 18.9. The van der Waals surface area contributed by atoms with Crippen LogP contribution < -0.4 is 14.5 Å². The fourth-order valence-corrected chi connectivity index (χ4v) is 3.40. The lowest BCUT2D eigenvalue weighted by Gasteiger charge is -2.35. The Hall–Kier alpha value is -3.61. The number of piperazine rings is 1. The molecule has 0 bridgehead atoms. The molecule has 0 aliphatic carbocycles. The number of ether oxygens (including phenoxy) is 1. The first-order valence-electron chi connectivity index (χ1n) is 9.98. The largest absolute Gasteiger partial charge is 0.457 e. The van der Waals surface area contributed by atoms with E-state index in [0.29, 0.717) is 43.2 Å². The number of carbonyl (C=O) groups excluding carboxylic acids is 1. The third-order valence-corrected chi connectivity index (χ3v) is 5.12. The number of hydrogen-bond donors (Lipinski definition) is 0. The fraction of sp³-hybridized carbons (Fsp3) is 0.261. The van der Waals surface area contributed by atoms with Gasteiger partial charge in [-0.15, -0.1) is 5.10 Å². The van der Waals surface area contributed by atoms with Crippen LogP contribution in [0.25, 0.3) is 0 Å². The first-order valence-corrected chi connectivity index (χ1v) is 9.98. The first-order chi connectivity index (χ1) is 14.6. The van der Waals surface area contributed by atoms with Crippen molar-refractivity contribution in [3.05, 3.63) is 72.4 Å². The third kappa shape index (κ3) is 4.35. The number of anilines is 2. The van der Waals surface area contributed by atoms with E-state index in [0.717, 1.165) is 11.5 Å². The molecule has 1 aliphatic heterocycles. The SMILES string of the molecule is CN(C)c1cnnc(N2CCN(C(=O)c3ccccc3Oc3ccccc3)CC2)c1. The van der Waals surface area contributed by atoms with Gasteiger partial charge in [-0.3, -0.25) is 4.79 Å². The summed E-state index contributed by atoms with van der Waals surface area (Å²) in [5.41, 5.74) is 1.58. The topological polar surface area (TPSA) is 61.8 Å². The molecule has 154 valence electrons. The molecule has 0 unspecified atom stereocenters. The lowest BCUT2D eigenvalue weighted by molar-refractivity contribution is 0.0744. The zero-order chi connectivity index (χ0) is 20.9. The van der Waals surface area contributed by atoms with E-state index in [2.05, 4.69) is 15.1 Å². The quantitative estimate of drug-likeness (QED) is 0.651. The minimum Gasteiger partial charge on any atom is -0.457 e. The van der Waals surface area contributed by atoms with Crippen molar-refractivity contribution in [2.45, 2.75) is 0 Å². The monoisotopic (exact) mass is 403 g/mol. The highest BCUT2D eigenvalue weighted by Crippen LogP contribution is 2.27. The maximum atomic E-state index is 13.2. The smallest absolute Gasteiger partial charge is 0.257 e. The van der Waals surface area contributed by atoms with Gasteiger partial charge in [-0.25, -0.2) is 0 Å². The molecule has 3 aromatic rings. The first kappa shape index (κ1) is 19.7. The van der Waals surface area contributed by atoms with Crippen LogP contribution in [0.5, 0.6) is 11.5 Å². The Morgan fingerprint density at radius 1 is 0.967 bits per heavy atom. The van der Waals surface area contributed by atoms with Gasteiger partial charge in [0.1, 0.15) is 11.5 Å². The molecule has 30 heavy (non-hydrogen) atoms. The highest BCUT2D eigenvalue weighted by atomic mass is 16.5. The zero-order valence-electron chi connectivity index (χ0n) is 17.2. The van der Waals surface area contributed by atoms with Gasteiger partial charge in [0.05, 0.1) is 17.4 Å². The second-order valence-corrected chi connectivity index (χ2v) is 7.36. The summed E-state index contributed by atoms with van der Waals surface area (Å²) in [7, 11) is 3.96. The minimum atomic E-state index is -0.0192. The molecular weight excluding hydrogens is 378 g/mol. The normalized spacial score (nSPS) is 13.8. The van der Waals surface area contributed by atoms with Crippen molar-refractivity contribution in [2.24, 2.45) is 0 Å². The Kier molecular flexibility index (Phi) is 5.79. The Labute approximate surface area is 176 Å². The molecule has 2 heterocycles. The van der Waals surface area contributed by atoms with Crippen LogP contribution in [0.4, 0.5) is 11.5 Å². The number of rotatable bonds is 5. The second kappa shape index (κ2) is 8.82. The lowest BCUT2D eigenvalue weighted by atomic mass is 10.1. The average Bonchev–Trinajstić information content (AvgIpc) is 2.80. The lowest BCUT2D eigenvalue weighted by Crippen LogP contribution is -2.49. The van der Waals surface area contributed by atoms with Crippen molar-refractivity contribution in [1.29, 1.82) is 0 Å². The minimum absolute atomic E-state index is 0.0192. The van der Waals surface area contributed by atoms with E-state index in [9.17, 15) is 4.79 Å². The van der Waals surface area contributed by atoms with Crippen molar-refractivity contribution >= 4 is 17.4 Å². The molecule has 4 rings (SSSR count). The Bertz CT molecular complexity index is 1000. The number of nitrogens with zero attached hydrogens (tertiary/aromatic N) is 5. The van der Waals surface area contributed by atoms with E-state index < -0.39 is 0 Å². The number of benzene rings is 2. The number of para-hydroxylation sites is 2. The van der Waals surface area contributed by atoms with Crippen LogP contribution in [0.3, 0.4) is 0 Å². The van der Waals surface area contributed by atoms with Gasteiger partial charge in [0, 0.05) is 46.3 Å². The zero-order valence-corrected chi connectivity index (χ0v) is 17.2. The summed E-state index contributed by atoms with van der Waals surface area (Å²) in [5, 5.41) is 8.36. The molecule has 1 saturated heterocycles. The van der Waals surface area contributed by atoms with E-state index in [-0.39, 0.29) is 5.91 Å². The van der Waals surface area contributed by atoms with Gasteiger partial charge in [-0.1, -0.05) is 30.3 Å². The third-order valence-electron chi connectivity index (χ3n) is 5.12. The summed E-state index contributed by atoms with van der Waals surface area (Å²) < 4.78 is 5.97. The van der Waals surface area contributed by atoms with Gasteiger partial charge in [-0.2, -0.15) is 5.10 Å². The molecule has 2 aromatic carbocycles. The fourth-order valence-electron chi connectivity index (χ4n) is 3.40. The van der Waals surface area contributed by atoms with Crippen LogP contribution in [0.2, 0.25) is 0 Å². The van der Waals surface area contributed by atoms with Crippen LogP contribution in [0.1, 0.15) is 10.4 Å². The summed E-state index contributed by atoms with van der Waals surface area (Å²) >= 11 is 0. The molecule has 7 nitrogen and oxygen atoms in total. The second-order valence-electron chi connectivity index (χ2n) is 7.36. The van der Waals surface area contributed by atoms with Crippen LogP contribution in [-0.4, -0.2) is 61.3 Å². The van der Waals surface area contributed by atoms with Crippen molar-refractivity contribution in [1.82, 2.24) is 15.1 Å². The summed E-state index contributed by atoms with van der Waals surface area (Å²) in [4.78, 5) is 19.2. The van der Waals surface area contributed by atoms with Gasteiger partial charge in [-0.05, 0) is 24.3 Å². The predicted molar refractivity (Wildman–Crippen MR) is 117 cm³/mol. The molecule has 1 amide bonds. The van der Waals surface area contributed by atoms with Crippen LogP contribution in [0.15, 0.2) is 66.9 Å². The number of amides is 1. The molecule has 1 fully saturated rings. The average molecular weight is 403 g/mol. The van der Waals surface area contributed by atoms with E-state index in [1.165, 1.54) is 0 Å². The van der Waals surface area contributed by atoms with E-state index in [1.54, 1.807) is 6.20 Å². The Morgan fingerprint density at radius 2 is 1.67 bits per heavy atom. The standard InChI is InChI=1S/C23H25N5O2/c1-26(2)18-16-22(25-24-17-18)27-12-14-28(15-13-27)23(29)20-10-6-7-11-21(20)30-19-8-4-3-5-9-19/h3-11,16-17H,12-15H2,1-2H3. The van der Waals surface area contributed by atoms with Crippen molar-refractivity contribution in [2.75, 3.05) is 50.1 Å². The predicted octanol–water partition coefficient (Wildman–Crippen LogP) is 3.30. The van der Waals surface area contributed by atoms with Crippen molar-refractivity contribution in [3.8, 4) is 11.5 Å². The van der Waals surface area contributed by atoms with Crippen LogP contribution in [-0.2, 0) is 0 Å². The summed E-state index contributed by atoms with van der Waals surface area (Å²) in [6.45, 7) is 2.65. The summed E-state index contributed by atoms with van der Waals surface area (Å²) in [5.74, 6) is 2.10. The van der Waals surface area contributed by atoms with Gasteiger partial charge in [0.15, 0.2) is 5.82 Å². The molecule has 0 radical (unpaired) electrons. The van der Waals surface area contributed by atoms with Gasteiger partial charge in [0.2, 0.25) is 0 Å². The number of carbonyl (C=O) groups is 1. The van der Waals surface area contributed by atoms with Gasteiger partial charge < -0.3 is 19.4 Å². The molecule has 1 aliphatic rings. The highest BCUT2D eigenvalue weighted by Gasteiger charge is 2.25.